The topological polar surface area (TPSA) is 73.7 Å². The van der Waals surface area contributed by atoms with Crippen LogP contribution in [0, 0.1) is 5.82 Å². The van der Waals surface area contributed by atoms with Gasteiger partial charge < -0.3 is 20.0 Å². The van der Waals surface area contributed by atoms with Gasteiger partial charge in [0, 0.05) is 63.8 Å². The van der Waals surface area contributed by atoms with Crippen molar-refractivity contribution in [1.82, 2.24) is 14.7 Å². The van der Waals surface area contributed by atoms with Crippen LogP contribution in [0.25, 0.3) is 0 Å². The molecule has 8 nitrogen and oxygen atoms in total. The highest BCUT2D eigenvalue weighted by atomic mass is 19.1. The van der Waals surface area contributed by atoms with Crippen LogP contribution in [0.3, 0.4) is 0 Å². The number of halogens is 1. The van der Waals surface area contributed by atoms with Crippen molar-refractivity contribution in [2.24, 2.45) is 0 Å². The molecule has 35 heavy (non-hydrogen) atoms. The van der Waals surface area contributed by atoms with Gasteiger partial charge in [0.1, 0.15) is 17.7 Å². The van der Waals surface area contributed by atoms with Crippen molar-refractivity contribution >= 4 is 29.0 Å². The number of fused-ring (bicyclic) bond motifs is 1. The van der Waals surface area contributed by atoms with Crippen LogP contribution in [0.15, 0.2) is 72.6 Å². The molecule has 1 atom stereocenters. The third-order valence-electron chi connectivity index (χ3n) is 6.44. The number of carbonyl (C=O) groups is 2. The van der Waals surface area contributed by atoms with Gasteiger partial charge in [-0.15, -0.1) is 0 Å². The number of amides is 2. The second-order valence-electron chi connectivity index (χ2n) is 8.79. The van der Waals surface area contributed by atoms with Gasteiger partial charge in [0.15, 0.2) is 0 Å². The molecule has 1 fully saturated rings. The summed E-state index contributed by atoms with van der Waals surface area (Å²) in [5.74, 6) is 0.457. The molecule has 5 rings (SSSR count). The molecule has 0 aliphatic carbocycles. The molecular weight excluding hydrogens is 447 g/mol. The van der Waals surface area contributed by atoms with Crippen molar-refractivity contribution in [2.75, 3.05) is 48.3 Å². The Labute approximate surface area is 203 Å². The van der Waals surface area contributed by atoms with Crippen LogP contribution in [0.4, 0.5) is 21.6 Å². The van der Waals surface area contributed by atoms with Crippen LogP contribution < -0.4 is 15.1 Å². The van der Waals surface area contributed by atoms with E-state index in [1.807, 2.05) is 58.1 Å². The van der Waals surface area contributed by atoms with Gasteiger partial charge in [0.2, 0.25) is 5.91 Å². The van der Waals surface area contributed by atoms with Crippen molar-refractivity contribution in [3.63, 3.8) is 0 Å². The number of anilines is 3. The summed E-state index contributed by atoms with van der Waals surface area (Å²) < 4.78 is 15.1. The first-order valence-corrected chi connectivity index (χ1v) is 11.6. The number of benzene rings is 2. The maximum atomic E-state index is 13.8. The molecular formula is C26H27FN6O2. The molecule has 0 spiro atoms. The van der Waals surface area contributed by atoms with E-state index in [1.54, 1.807) is 18.3 Å². The van der Waals surface area contributed by atoms with Crippen molar-refractivity contribution in [1.29, 1.82) is 0 Å². The van der Waals surface area contributed by atoms with Gasteiger partial charge in [-0.25, -0.2) is 9.07 Å². The molecule has 2 amide bonds. The SMILES string of the molecule is CC(=O)Nc1ccc(C2C(C(=O)N3CCN(c4ccc(F)cc4)CC3)=CN(C)c3ccnn32)cc1. The van der Waals surface area contributed by atoms with Gasteiger partial charge in [-0.05, 0) is 42.0 Å². The summed E-state index contributed by atoms with van der Waals surface area (Å²) in [7, 11) is 1.91. The molecule has 0 bridgehead atoms. The molecule has 180 valence electrons. The number of hydrogen-bond donors (Lipinski definition) is 1. The highest BCUT2D eigenvalue weighted by Crippen LogP contribution is 2.36. The minimum atomic E-state index is -0.384. The molecule has 2 aliphatic rings. The Morgan fingerprint density at radius 2 is 1.66 bits per heavy atom. The normalized spacial score (nSPS) is 17.6. The second-order valence-corrected chi connectivity index (χ2v) is 8.79. The molecule has 2 aliphatic heterocycles. The standard InChI is InChI=1S/C26H27FN6O2/c1-18(34)29-21-7-3-19(4-8-21)25-23(17-30(2)24-11-12-28-33(24)25)26(35)32-15-13-31(14-16-32)22-9-5-20(27)6-10-22/h3-12,17,25H,13-16H2,1-2H3,(H,29,34). The number of rotatable bonds is 4. The lowest BCUT2D eigenvalue weighted by molar-refractivity contribution is -0.128. The Hall–Kier alpha value is -4.14. The van der Waals surface area contributed by atoms with E-state index in [4.69, 9.17) is 0 Å². The fourth-order valence-electron chi connectivity index (χ4n) is 4.71. The quantitative estimate of drug-likeness (QED) is 0.629. The smallest absolute Gasteiger partial charge is 0.253 e. The molecule has 3 aromatic rings. The number of piperazine rings is 1. The van der Waals surface area contributed by atoms with E-state index in [2.05, 4.69) is 15.3 Å². The maximum absolute atomic E-state index is 13.8. The Morgan fingerprint density at radius 3 is 2.31 bits per heavy atom. The minimum absolute atomic E-state index is 0.0345. The molecule has 1 aromatic heterocycles. The van der Waals surface area contributed by atoms with E-state index in [0.29, 0.717) is 37.4 Å². The Morgan fingerprint density at radius 1 is 0.971 bits per heavy atom. The maximum Gasteiger partial charge on any atom is 0.253 e. The molecule has 9 heteroatoms. The second kappa shape index (κ2) is 9.25. The fraction of sp³-hybridized carbons (Fsp3) is 0.269. The molecule has 1 unspecified atom stereocenters. The number of aromatic nitrogens is 2. The van der Waals surface area contributed by atoms with Gasteiger partial charge in [0.05, 0.1) is 11.8 Å². The predicted molar refractivity (Wildman–Crippen MR) is 133 cm³/mol. The molecule has 1 N–H and O–H groups in total. The predicted octanol–water partition coefficient (Wildman–Crippen LogP) is 3.25. The first-order valence-electron chi connectivity index (χ1n) is 11.6. The van der Waals surface area contributed by atoms with E-state index >= 15 is 0 Å². The van der Waals surface area contributed by atoms with Crippen molar-refractivity contribution < 1.29 is 14.0 Å². The third kappa shape index (κ3) is 4.49. The van der Waals surface area contributed by atoms with Crippen molar-refractivity contribution in [3.05, 3.63) is 83.9 Å². The third-order valence-corrected chi connectivity index (χ3v) is 6.44. The Balaban J connectivity index is 1.38. The summed E-state index contributed by atoms with van der Waals surface area (Å²) in [6.45, 7) is 3.94. The highest BCUT2D eigenvalue weighted by molar-refractivity contribution is 5.96. The zero-order valence-corrected chi connectivity index (χ0v) is 19.7. The van der Waals surface area contributed by atoms with E-state index in [1.165, 1.54) is 19.1 Å². The average molecular weight is 475 g/mol. The van der Waals surface area contributed by atoms with E-state index in [0.717, 1.165) is 17.1 Å². The highest BCUT2D eigenvalue weighted by Gasteiger charge is 2.35. The fourth-order valence-corrected chi connectivity index (χ4v) is 4.71. The number of carbonyl (C=O) groups excluding carboxylic acids is 2. The minimum Gasteiger partial charge on any atom is -0.368 e. The molecule has 1 saturated heterocycles. The van der Waals surface area contributed by atoms with Crippen LogP contribution in [-0.4, -0.2) is 59.7 Å². The first-order chi connectivity index (χ1) is 16.9. The monoisotopic (exact) mass is 474 g/mol. The van der Waals surface area contributed by atoms with Gasteiger partial charge in [-0.2, -0.15) is 5.10 Å². The molecule has 0 radical (unpaired) electrons. The van der Waals surface area contributed by atoms with E-state index in [9.17, 15) is 14.0 Å². The average Bonchev–Trinajstić information content (AvgIpc) is 3.35. The zero-order valence-electron chi connectivity index (χ0n) is 19.7. The van der Waals surface area contributed by atoms with Crippen molar-refractivity contribution in [3.8, 4) is 0 Å². The summed E-state index contributed by atoms with van der Waals surface area (Å²) in [4.78, 5) is 31.1. The van der Waals surface area contributed by atoms with Gasteiger partial charge in [-0.1, -0.05) is 12.1 Å². The molecule has 2 aromatic carbocycles. The summed E-state index contributed by atoms with van der Waals surface area (Å²) >= 11 is 0. The molecule has 0 saturated carbocycles. The van der Waals surface area contributed by atoms with Crippen LogP contribution >= 0.6 is 0 Å². The van der Waals surface area contributed by atoms with E-state index in [-0.39, 0.29) is 23.7 Å². The summed E-state index contributed by atoms with van der Waals surface area (Å²) in [5, 5.41) is 7.30. The van der Waals surface area contributed by atoms with Crippen LogP contribution in [0.1, 0.15) is 18.5 Å². The summed E-state index contributed by atoms with van der Waals surface area (Å²) in [6.07, 6.45) is 3.62. The van der Waals surface area contributed by atoms with Gasteiger partial charge >= 0.3 is 0 Å². The van der Waals surface area contributed by atoms with E-state index < -0.39 is 0 Å². The summed E-state index contributed by atoms with van der Waals surface area (Å²) in [6, 6.07) is 15.5. The van der Waals surface area contributed by atoms with Crippen molar-refractivity contribution in [2.45, 2.75) is 13.0 Å². The van der Waals surface area contributed by atoms with Gasteiger partial charge in [0.25, 0.3) is 5.91 Å². The Kier molecular flexibility index (Phi) is 5.98. The van der Waals surface area contributed by atoms with Crippen LogP contribution in [0.2, 0.25) is 0 Å². The van der Waals surface area contributed by atoms with Gasteiger partial charge in [-0.3, -0.25) is 9.59 Å². The lowest BCUT2D eigenvalue weighted by Gasteiger charge is -2.38. The first kappa shape index (κ1) is 22.6. The lowest BCUT2D eigenvalue weighted by Crippen LogP contribution is -2.50. The lowest BCUT2D eigenvalue weighted by atomic mass is 9.96. The molecule has 3 heterocycles. The Bertz CT molecular complexity index is 1260. The number of nitrogens with one attached hydrogen (secondary N) is 1. The van der Waals surface area contributed by atoms with Crippen LogP contribution in [0.5, 0.6) is 0 Å². The zero-order chi connectivity index (χ0) is 24.5. The number of hydrogen-bond acceptors (Lipinski definition) is 5. The largest absolute Gasteiger partial charge is 0.368 e. The number of nitrogens with zero attached hydrogens (tertiary/aromatic N) is 5. The van der Waals surface area contributed by atoms with Crippen LogP contribution in [-0.2, 0) is 9.59 Å². The summed E-state index contributed by atoms with van der Waals surface area (Å²) in [5.41, 5.74) is 3.19.